The molecule has 0 aliphatic heterocycles. The van der Waals surface area contributed by atoms with E-state index in [9.17, 15) is 4.39 Å². The van der Waals surface area contributed by atoms with Gasteiger partial charge in [-0.25, -0.2) is 4.39 Å². The van der Waals surface area contributed by atoms with Crippen LogP contribution in [0.15, 0.2) is 22.7 Å². The molecule has 1 nitrogen and oxygen atoms in total. The summed E-state index contributed by atoms with van der Waals surface area (Å²) in [5.74, 6) is 0.412. The first-order valence-corrected chi connectivity index (χ1v) is 6.51. The molecular formula is C13H19BrFN. The van der Waals surface area contributed by atoms with Gasteiger partial charge in [-0.2, -0.15) is 0 Å². The highest BCUT2D eigenvalue weighted by molar-refractivity contribution is 9.10. The second-order valence-corrected chi connectivity index (χ2v) is 5.23. The first-order chi connectivity index (χ1) is 7.54. The lowest BCUT2D eigenvalue weighted by Gasteiger charge is -2.21. The maximum Gasteiger partial charge on any atom is 0.123 e. The zero-order chi connectivity index (χ0) is 12.1. The average molecular weight is 288 g/mol. The van der Waals surface area contributed by atoms with Crippen LogP contribution in [-0.4, -0.2) is 6.04 Å². The van der Waals surface area contributed by atoms with Crippen LogP contribution in [0.25, 0.3) is 0 Å². The van der Waals surface area contributed by atoms with Gasteiger partial charge in [0.25, 0.3) is 0 Å². The van der Waals surface area contributed by atoms with Gasteiger partial charge in [-0.1, -0.05) is 36.7 Å². The largest absolute Gasteiger partial charge is 0.310 e. The minimum Gasteiger partial charge on any atom is -0.310 e. The topological polar surface area (TPSA) is 12.0 Å². The fourth-order valence-corrected chi connectivity index (χ4v) is 2.16. The Morgan fingerprint density at radius 1 is 1.38 bits per heavy atom. The molecule has 1 rings (SSSR count). The molecule has 0 bridgehead atoms. The van der Waals surface area contributed by atoms with Gasteiger partial charge in [0.15, 0.2) is 0 Å². The van der Waals surface area contributed by atoms with E-state index >= 15 is 0 Å². The first-order valence-electron chi connectivity index (χ1n) is 5.72. The van der Waals surface area contributed by atoms with Crippen molar-refractivity contribution in [1.29, 1.82) is 0 Å². The fraction of sp³-hybridized carbons (Fsp3) is 0.538. The quantitative estimate of drug-likeness (QED) is 0.859. The van der Waals surface area contributed by atoms with Gasteiger partial charge in [0.1, 0.15) is 5.82 Å². The second-order valence-electron chi connectivity index (χ2n) is 4.38. The van der Waals surface area contributed by atoms with Gasteiger partial charge in [-0.3, -0.25) is 0 Å². The molecule has 0 heterocycles. The minimum atomic E-state index is -0.183. The summed E-state index contributed by atoms with van der Waals surface area (Å²) >= 11 is 3.43. The minimum absolute atomic E-state index is 0.183. The molecular weight excluding hydrogens is 269 g/mol. The molecule has 0 saturated heterocycles. The fourth-order valence-electron chi connectivity index (χ4n) is 1.77. The van der Waals surface area contributed by atoms with Crippen molar-refractivity contribution < 1.29 is 4.39 Å². The smallest absolute Gasteiger partial charge is 0.123 e. The lowest BCUT2D eigenvalue weighted by atomic mass is 10.0. The van der Waals surface area contributed by atoms with Crippen LogP contribution < -0.4 is 5.32 Å². The highest BCUT2D eigenvalue weighted by atomic mass is 79.9. The van der Waals surface area contributed by atoms with E-state index in [2.05, 4.69) is 42.0 Å². The molecule has 0 aromatic heterocycles. The van der Waals surface area contributed by atoms with Gasteiger partial charge in [0, 0.05) is 17.1 Å². The van der Waals surface area contributed by atoms with Crippen molar-refractivity contribution in [2.24, 2.45) is 5.92 Å². The van der Waals surface area contributed by atoms with Crippen molar-refractivity contribution in [1.82, 2.24) is 5.32 Å². The Balaban J connectivity index is 2.63. The highest BCUT2D eigenvalue weighted by Gasteiger charge is 2.11. The molecule has 1 N–H and O–H groups in total. The molecule has 1 aromatic carbocycles. The molecule has 0 radical (unpaired) electrons. The summed E-state index contributed by atoms with van der Waals surface area (Å²) in [5, 5.41) is 3.46. The van der Waals surface area contributed by atoms with E-state index in [0.29, 0.717) is 18.5 Å². The predicted octanol–water partition coefficient (Wildman–Crippen LogP) is 4.11. The standard InChI is InChI=1S/C13H19BrFN/c1-4-13(9(2)3)16-8-10-7-11(15)5-6-12(10)14/h5-7,9,13,16H,4,8H2,1-3H3. The zero-order valence-corrected chi connectivity index (χ0v) is 11.6. The van der Waals surface area contributed by atoms with Gasteiger partial charge < -0.3 is 5.32 Å². The van der Waals surface area contributed by atoms with Crippen LogP contribution >= 0.6 is 15.9 Å². The van der Waals surface area contributed by atoms with E-state index in [4.69, 9.17) is 0 Å². The van der Waals surface area contributed by atoms with Crippen LogP contribution in [0.1, 0.15) is 32.8 Å². The van der Waals surface area contributed by atoms with Crippen LogP contribution in [-0.2, 0) is 6.54 Å². The maximum atomic E-state index is 13.1. The molecule has 1 atom stereocenters. The van der Waals surface area contributed by atoms with E-state index in [1.165, 1.54) is 6.07 Å². The highest BCUT2D eigenvalue weighted by Crippen LogP contribution is 2.18. The van der Waals surface area contributed by atoms with Crippen LogP contribution in [0.3, 0.4) is 0 Å². The van der Waals surface area contributed by atoms with Gasteiger partial charge in [0.2, 0.25) is 0 Å². The molecule has 90 valence electrons. The summed E-state index contributed by atoms with van der Waals surface area (Å²) in [7, 11) is 0. The third kappa shape index (κ3) is 3.87. The molecule has 3 heteroatoms. The Kier molecular flexibility index (Phi) is 5.42. The molecule has 0 amide bonds. The molecule has 0 aliphatic carbocycles. The Labute approximate surface area is 106 Å². The summed E-state index contributed by atoms with van der Waals surface area (Å²) in [5.41, 5.74) is 0.971. The summed E-state index contributed by atoms with van der Waals surface area (Å²) in [6.07, 6.45) is 1.09. The van der Waals surface area contributed by atoms with Crippen molar-refractivity contribution in [3.8, 4) is 0 Å². The lowest BCUT2D eigenvalue weighted by Crippen LogP contribution is -2.32. The zero-order valence-electron chi connectivity index (χ0n) is 10.1. The number of hydrogen-bond donors (Lipinski definition) is 1. The normalized spacial score (nSPS) is 13.1. The monoisotopic (exact) mass is 287 g/mol. The van der Waals surface area contributed by atoms with Crippen molar-refractivity contribution in [2.45, 2.75) is 39.8 Å². The average Bonchev–Trinajstić information content (AvgIpc) is 2.23. The summed E-state index contributed by atoms with van der Waals surface area (Å²) < 4.78 is 14.0. The number of halogens is 2. The number of rotatable bonds is 5. The predicted molar refractivity (Wildman–Crippen MR) is 69.9 cm³/mol. The number of benzene rings is 1. The van der Waals surface area contributed by atoms with E-state index < -0.39 is 0 Å². The summed E-state index contributed by atoms with van der Waals surface area (Å²) in [6, 6.07) is 5.27. The number of hydrogen-bond acceptors (Lipinski definition) is 1. The third-order valence-electron chi connectivity index (χ3n) is 2.81. The molecule has 1 unspecified atom stereocenters. The van der Waals surface area contributed by atoms with Crippen molar-refractivity contribution in [3.05, 3.63) is 34.1 Å². The van der Waals surface area contributed by atoms with Gasteiger partial charge in [-0.15, -0.1) is 0 Å². The molecule has 0 fully saturated rings. The van der Waals surface area contributed by atoms with Crippen LogP contribution in [0, 0.1) is 11.7 Å². The summed E-state index contributed by atoms with van der Waals surface area (Å²) in [4.78, 5) is 0. The van der Waals surface area contributed by atoms with Crippen molar-refractivity contribution >= 4 is 15.9 Å². The van der Waals surface area contributed by atoms with Crippen molar-refractivity contribution in [3.63, 3.8) is 0 Å². The van der Waals surface area contributed by atoms with E-state index in [1.807, 2.05) is 0 Å². The first kappa shape index (κ1) is 13.7. The Morgan fingerprint density at radius 3 is 2.62 bits per heavy atom. The Bertz CT molecular complexity index is 339. The number of nitrogens with one attached hydrogen (secondary N) is 1. The Morgan fingerprint density at radius 2 is 2.06 bits per heavy atom. The van der Waals surface area contributed by atoms with Crippen LogP contribution in [0.5, 0.6) is 0 Å². The van der Waals surface area contributed by atoms with Crippen LogP contribution in [0.4, 0.5) is 4.39 Å². The van der Waals surface area contributed by atoms with Crippen LogP contribution in [0.2, 0.25) is 0 Å². The third-order valence-corrected chi connectivity index (χ3v) is 3.58. The maximum absolute atomic E-state index is 13.1. The molecule has 1 aromatic rings. The molecule has 0 spiro atoms. The molecule has 0 aliphatic rings. The van der Waals surface area contributed by atoms with Gasteiger partial charge in [0.05, 0.1) is 0 Å². The molecule has 16 heavy (non-hydrogen) atoms. The Hall–Kier alpha value is -0.410. The van der Waals surface area contributed by atoms with E-state index in [1.54, 1.807) is 12.1 Å². The SMILES string of the molecule is CCC(NCc1cc(F)ccc1Br)C(C)C. The lowest BCUT2D eigenvalue weighted by molar-refractivity contribution is 0.387. The van der Waals surface area contributed by atoms with E-state index in [0.717, 1.165) is 16.5 Å². The van der Waals surface area contributed by atoms with Gasteiger partial charge in [-0.05, 0) is 36.1 Å². The van der Waals surface area contributed by atoms with Gasteiger partial charge >= 0.3 is 0 Å². The molecule has 0 saturated carbocycles. The summed E-state index contributed by atoms with van der Waals surface area (Å²) in [6.45, 7) is 7.26. The van der Waals surface area contributed by atoms with E-state index in [-0.39, 0.29) is 5.82 Å². The second kappa shape index (κ2) is 6.36. The van der Waals surface area contributed by atoms with Crippen molar-refractivity contribution in [2.75, 3.05) is 0 Å².